The van der Waals surface area contributed by atoms with E-state index in [0.717, 1.165) is 43.0 Å². The van der Waals surface area contributed by atoms with Crippen molar-refractivity contribution >= 4 is 21.2 Å². The molecule has 0 spiro atoms. The number of hydrogen-bond donors (Lipinski definition) is 0. The Morgan fingerprint density at radius 1 is 0.895 bits per heavy atom. The van der Waals surface area contributed by atoms with E-state index < -0.39 is 9.84 Å². The maximum absolute atomic E-state index is 13.3. The Hall–Kier alpha value is -3.40. The number of ether oxygens (including phenoxy) is 3. The van der Waals surface area contributed by atoms with Crippen LogP contribution in [0.5, 0.6) is 17.2 Å². The highest BCUT2D eigenvalue weighted by Gasteiger charge is 2.25. The molecule has 0 saturated carbocycles. The number of nitrogens with zero attached hydrogens (tertiary/aromatic N) is 2. The molecule has 0 atom stereocenters. The van der Waals surface area contributed by atoms with Gasteiger partial charge in [0.15, 0.2) is 16.5 Å². The van der Waals surface area contributed by atoms with E-state index in [0.29, 0.717) is 17.2 Å². The lowest BCUT2D eigenvalue weighted by Gasteiger charge is -2.17. The summed E-state index contributed by atoms with van der Waals surface area (Å²) in [6.45, 7) is 2.33. The van der Waals surface area contributed by atoms with Gasteiger partial charge in [-0.25, -0.2) is 13.4 Å². The van der Waals surface area contributed by atoms with E-state index >= 15 is 0 Å². The molecule has 0 amide bonds. The van der Waals surface area contributed by atoms with E-state index in [1.165, 1.54) is 16.9 Å². The standard InChI is InChI=1S/C29H32N2O5S2/c1-31(18-16-22-10-15-26(34-2)27(20-22)35-3)17-7-19-36-24-11-13-25(14-12-24)38(32,33)29-28(37-21-30-29)23-8-5-4-6-9-23/h4-6,8-15,20-21H,7,16-19H2,1-3H3. The molecule has 0 bridgehead atoms. The Balaban J connectivity index is 1.26. The molecule has 0 aliphatic heterocycles. The van der Waals surface area contributed by atoms with Gasteiger partial charge >= 0.3 is 0 Å². The zero-order valence-electron chi connectivity index (χ0n) is 21.8. The number of methoxy groups -OCH3 is 2. The van der Waals surface area contributed by atoms with Crippen molar-refractivity contribution in [3.63, 3.8) is 0 Å². The van der Waals surface area contributed by atoms with Gasteiger partial charge < -0.3 is 19.1 Å². The van der Waals surface area contributed by atoms with Crippen molar-refractivity contribution in [2.24, 2.45) is 0 Å². The molecule has 0 unspecified atom stereocenters. The average Bonchev–Trinajstić information content (AvgIpc) is 3.46. The molecule has 3 aromatic carbocycles. The Morgan fingerprint density at radius 2 is 1.63 bits per heavy atom. The highest BCUT2D eigenvalue weighted by molar-refractivity contribution is 7.91. The van der Waals surface area contributed by atoms with Gasteiger partial charge in [0, 0.05) is 13.1 Å². The zero-order chi connectivity index (χ0) is 27.0. The number of aromatic nitrogens is 1. The van der Waals surface area contributed by atoms with Crippen LogP contribution >= 0.6 is 11.3 Å². The Labute approximate surface area is 228 Å². The fourth-order valence-electron chi connectivity index (χ4n) is 4.03. The summed E-state index contributed by atoms with van der Waals surface area (Å²) in [5, 5.41) is 0.0819. The van der Waals surface area contributed by atoms with Crippen molar-refractivity contribution in [2.75, 3.05) is 41.0 Å². The molecule has 200 valence electrons. The first-order chi connectivity index (χ1) is 18.4. The Morgan fingerprint density at radius 3 is 2.34 bits per heavy atom. The zero-order valence-corrected chi connectivity index (χ0v) is 23.4. The molecule has 1 heterocycles. The fraction of sp³-hybridized carbons (Fsp3) is 0.276. The number of sulfone groups is 1. The Kier molecular flexibility index (Phi) is 9.38. The molecule has 0 N–H and O–H groups in total. The fourth-order valence-corrected chi connectivity index (χ4v) is 6.53. The quantitative estimate of drug-likeness (QED) is 0.200. The van der Waals surface area contributed by atoms with Gasteiger partial charge in [0.05, 0.1) is 36.1 Å². The molecule has 4 rings (SSSR count). The first-order valence-corrected chi connectivity index (χ1v) is 14.6. The van der Waals surface area contributed by atoms with Gasteiger partial charge in [0.2, 0.25) is 9.84 Å². The summed E-state index contributed by atoms with van der Waals surface area (Å²) in [7, 11) is 1.62. The number of likely N-dealkylation sites (N-methyl/N-ethyl adjacent to an activating group) is 1. The van der Waals surface area contributed by atoms with Crippen molar-refractivity contribution in [3.8, 4) is 27.7 Å². The second-order valence-electron chi connectivity index (χ2n) is 8.77. The van der Waals surface area contributed by atoms with Gasteiger partial charge in [0.1, 0.15) is 5.75 Å². The van der Waals surface area contributed by atoms with Crippen LogP contribution in [0.2, 0.25) is 0 Å². The number of rotatable bonds is 13. The molecule has 1 aromatic heterocycles. The SMILES string of the molecule is COc1ccc(CCN(C)CCCOc2ccc(S(=O)(=O)c3ncsc3-c3ccccc3)cc2)cc1OC. The summed E-state index contributed by atoms with van der Waals surface area (Å²) in [5.74, 6) is 2.11. The predicted octanol–water partition coefficient (Wildman–Crippen LogP) is 5.60. The lowest BCUT2D eigenvalue weighted by molar-refractivity contribution is 0.264. The van der Waals surface area contributed by atoms with Gasteiger partial charge in [-0.1, -0.05) is 36.4 Å². The summed E-state index contributed by atoms with van der Waals surface area (Å²) < 4.78 is 43.0. The third-order valence-electron chi connectivity index (χ3n) is 6.14. The summed E-state index contributed by atoms with van der Waals surface area (Å²) in [6, 6.07) is 22.0. The van der Waals surface area contributed by atoms with Crippen molar-refractivity contribution in [1.29, 1.82) is 0 Å². The monoisotopic (exact) mass is 552 g/mol. The number of hydrogen-bond acceptors (Lipinski definition) is 8. The third kappa shape index (κ3) is 6.72. The van der Waals surface area contributed by atoms with Crippen molar-refractivity contribution in [3.05, 3.63) is 83.9 Å². The van der Waals surface area contributed by atoms with Crippen molar-refractivity contribution < 1.29 is 22.6 Å². The number of thiazole rings is 1. The Bertz CT molecular complexity index is 1420. The maximum atomic E-state index is 13.3. The van der Waals surface area contributed by atoms with Crippen LogP contribution in [-0.2, 0) is 16.3 Å². The third-order valence-corrected chi connectivity index (χ3v) is 8.86. The summed E-state index contributed by atoms with van der Waals surface area (Å²) >= 11 is 1.32. The summed E-state index contributed by atoms with van der Waals surface area (Å²) in [6.07, 6.45) is 1.75. The lowest BCUT2D eigenvalue weighted by atomic mass is 10.1. The molecule has 0 saturated heterocycles. The van der Waals surface area contributed by atoms with Gasteiger partial charge in [-0.15, -0.1) is 11.3 Å². The first-order valence-electron chi connectivity index (χ1n) is 12.3. The van der Waals surface area contributed by atoms with E-state index in [1.54, 1.807) is 44.0 Å². The minimum Gasteiger partial charge on any atom is -0.494 e. The van der Waals surface area contributed by atoms with Crippen LogP contribution in [0.1, 0.15) is 12.0 Å². The van der Waals surface area contributed by atoms with Crippen LogP contribution in [-0.4, -0.2) is 59.3 Å². The van der Waals surface area contributed by atoms with E-state index in [4.69, 9.17) is 14.2 Å². The smallest absolute Gasteiger partial charge is 0.225 e. The van der Waals surface area contributed by atoms with E-state index in [2.05, 4.69) is 23.0 Å². The van der Waals surface area contributed by atoms with E-state index in [9.17, 15) is 8.42 Å². The maximum Gasteiger partial charge on any atom is 0.225 e. The largest absolute Gasteiger partial charge is 0.494 e. The van der Waals surface area contributed by atoms with Crippen LogP contribution in [0.4, 0.5) is 0 Å². The second-order valence-corrected chi connectivity index (χ2v) is 11.5. The van der Waals surface area contributed by atoms with Crippen LogP contribution in [0.3, 0.4) is 0 Å². The topological polar surface area (TPSA) is 78.0 Å². The molecule has 38 heavy (non-hydrogen) atoms. The van der Waals surface area contributed by atoms with Crippen LogP contribution < -0.4 is 14.2 Å². The predicted molar refractivity (Wildman–Crippen MR) is 150 cm³/mol. The van der Waals surface area contributed by atoms with Gasteiger partial charge in [-0.05, 0) is 67.4 Å². The van der Waals surface area contributed by atoms with Gasteiger partial charge in [-0.2, -0.15) is 0 Å². The molecule has 0 aliphatic carbocycles. The molecule has 0 fully saturated rings. The van der Waals surface area contributed by atoms with E-state index in [-0.39, 0.29) is 9.92 Å². The molecule has 9 heteroatoms. The van der Waals surface area contributed by atoms with Crippen LogP contribution in [0, 0.1) is 0 Å². The molecule has 4 aromatic rings. The lowest BCUT2D eigenvalue weighted by Crippen LogP contribution is -2.23. The molecular formula is C29H32N2O5S2. The summed E-state index contributed by atoms with van der Waals surface area (Å²) in [4.78, 5) is 7.27. The molecule has 0 radical (unpaired) electrons. The number of benzene rings is 3. The van der Waals surface area contributed by atoms with Crippen molar-refractivity contribution in [1.82, 2.24) is 9.88 Å². The van der Waals surface area contributed by atoms with Crippen LogP contribution in [0.25, 0.3) is 10.4 Å². The molecule has 0 aliphatic rings. The van der Waals surface area contributed by atoms with Gasteiger partial charge in [0.25, 0.3) is 0 Å². The highest BCUT2D eigenvalue weighted by atomic mass is 32.2. The molecular weight excluding hydrogens is 520 g/mol. The molecule has 7 nitrogen and oxygen atoms in total. The van der Waals surface area contributed by atoms with Gasteiger partial charge in [-0.3, -0.25) is 0 Å². The normalized spacial score (nSPS) is 11.5. The minimum absolute atomic E-state index is 0.0819. The van der Waals surface area contributed by atoms with Crippen LogP contribution in [0.15, 0.2) is 88.2 Å². The average molecular weight is 553 g/mol. The minimum atomic E-state index is -3.74. The highest BCUT2D eigenvalue weighted by Crippen LogP contribution is 2.34. The van der Waals surface area contributed by atoms with Crippen molar-refractivity contribution in [2.45, 2.75) is 22.8 Å². The summed E-state index contributed by atoms with van der Waals surface area (Å²) in [5.41, 5.74) is 3.59. The first kappa shape index (κ1) is 27.6. The van der Waals surface area contributed by atoms with E-state index in [1.807, 2.05) is 42.5 Å². The second kappa shape index (κ2) is 12.9.